The van der Waals surface area contributed by atoms with Gasteiger partial charge in [0.25, 0.3) is 0 Å². The predicted octanol–water partition coefficient (Wildman–Crippen LogP) is 0.974. The van der Waals surface area contributed by atoms with Crippen molar-refractivity contribution in [3.05, 3.63) is 0 Å². The first-order valence-electron chi connectivity index (χ1n) is 4.36. The zero-order valence-corrected chi connectivity index (χ0v) is 7.50. The fourth-order valence-corrected chi connectivity index (χ4v) is 2.12. The first-order chi connectivity index (χ1) is 5.62. The summed E-state index contributed by atoms with van der Waals surface area (Å²) in [5.41, 5.74) is -0.148. The molecule has 1 aliphatic carbocycles. The van der Waals surface area contributed by atoms with Crippen molar-refractivity contribution >= 4 is 6.29 Å². The van der Waals surface area contributed by atoms with Gasteiger partial charge in [-0.3, -0.25) is 0 Å². The molecule has 0 aromatic rings. The largest absolute Gasteiger partial charge is 0.347 e. The van der Waals surface area contributed by atoms with E-state index in [1.54, 1.807) is 0 Å². The summed E-state index contributed by atoms with van der Waals surface area (Å²) in [6.45, 7) is 5.38. The highest BCUT2D eigenvalue weighted by atomic mass is 16.7. The van der Waals surface area contributed by atoms with Crippen LogP contribution in [0.3, 0.4) is 0 Å². The maximum Gasteiger partial charge on any atom is 0.174 e. The Morgan fingerprint density at radius 1 is 1.33 bits per heavy atom. The zero-order valence-electron chi connectivity index (χ0n) is 7.50. The molecule has 2 aliphatic rings. The van der Waals surface area contributed by atoms with Gasteiger partial charge in [-0.15, -0.1) is 0 Å². The lowest BCUT2D eigenvalue weighted by Gasteiger charge is -2.55. The van der Waals surface area contributed by atoms with Crippen LogP contribution in [0.2, 0.25) is 0 Å². The molecule has 1 unspecified atom stereocenters. The lowest BCUT2D eigenvalue weighted by Crippen LogP contribution is -2.61. The number of ether oxygens (including phenoxy) is 2. The molecule has 3 heteroatoms. The van der Waals surface area contributed by atoms with Crippen LogP contribution in [-0.4, -0.2) is 25.3 Å². The van der Waals surface area contributed by atoms with E-state index in [2.05, 4.69) is 0 Å². The Kier molecular flexibility index (Phi) is 1.57. The fraction of sp³-hybridized carbons (Fsp3) is 0.889. The van der Waals surface area contributed by atoms with Gasteiger partial charge in [0.2, 0.25) is 0 Å². The van der Waals surface area contributed by atoms with Crippen molar-refractivity contribution in [3.63, 3.8) is 0 Å². The quantitative estimate of drug-likeness (QED) is 0.550. The van der Waals surface area contributed by atoms with Crippen LogP contribution in [0.1, 0.15) is 20.3 Å². The molecule has 12 heavy (non-hydrogen) atoms. The van der Waals surface area contributed by atoms with Gasteiger partial charge in [0.05, 0.1) is 13.2 Å². The normalized spacial score (nSPS) is 36.3. The molecule has 3 nitrogen and oxygen atoms in total. The Bertz CT molecular complexity index is 204. The summed E-state index contributed by atoms with van der Waals surface area (Å²) in [6, 6.07) is 0. The minimum atomic E-state index is -0.446. The van der Waals surface area contributed by atoms with Crippen molar-refractivity contribution in [1.82, 2.24) is 0 Å². The van der Waals surface area contributed by atoms with E-state index in [9.17, 15) is 4.79 Å². The highest BCUT2D eigenvalue weighted by Crippen LogP contribution is 2.57. The molecule has 0 radical (unpaired) electrons. The summed E-state index contributed by atoms with van der Waals surface area (Å²) in [6.07, 6.45) is 1.74. The number of rotatable bonds is 1. The Labute approximate surface area is 72.0 Å². The SMILES string of the molecule is CC1(C)C(C=O)CC12OCCO2. The number of aldehydes is 1. The van der Waals surface area contributed by atoms with Gasteiger partial charge in [-0.2, -0.15) is 0 Å². The zero-order chi connectivity index (χ0) is 8.82. The molecular weight excluding hydrogens is 156 g/mol. The molecule has 2 rings (SSSR count). The second kappa shape index (κ2) is 2.30. The molecule has 1 heterocycles. The van der Waals surface area contributed by atoms with Crippen LogP contribution in [0.4, 0.5) is 0 Å². The van der Waals surface area contributed by atoms with Crippen LogP contribution in [0.25, 0.3) is 0 Å². The maximum atomic E-state index is 10.6. The van der Waals surface area contributed by atoms with E-state index in [1.807, 2.05) is 13.8 Å². The molecule has 1 saturated carbocycles. The third-order valence-corrected chi connectivity index (χ3v) is 3.32. The average Bonchev–Trinajstić information content (AvgIpc) is 2.50. The highest BCUT2D eigenvalue weighted by molar-refractivity contribution is 5.58. The third kappa shape index (κ3) is 0.756. The molecule has 0 N–H and O–H groups in total. The first kappa shape index (κ1) is 8.20. The summed E-state index contributed by atoms with van der Waals surface area (Å²) in [5, 5.41) is 0. The minimum absolute atomic E-state index is 0.0931. The van der Waals surface area contributed by atoms with Crippen LogP contribution in [0, 0.1) is 11.3 Å². The summed E-state index contributed by atoms with van der Waals surface area (Å²) in [5.74, 6) is -0.353. The van der Waals surface area contributed by atoms with E-state index in [0.717, 1.165) is 12.7 Å². The summed E-state index contributed by atoms with van der Waals surface area (Å²) < 4.78 is 11.1. The smallest absolute Gasteiger partial charge is 0.174 e. The number of hydrogen-bond donors (Lipinski definition) is 0. The Balaban J connectivity index is 2.17. The lowest BCUT2D eigenvalue weighted by molar-refractivity contribution is -0.306. The first-order valence-corrected chi connectivity index (χ1v) is 4.36. The average molecular weight is 170 g/mol. The standard InChI is InChI=1S/C9H14O3/c1-8(2)7(6-10)5-9(8)11-3-4-12-9/h6-7H,3-5H2,1-2H3. The van der Waals surface area contributed by atoms with Gasteiger partial charge in [-0.25, -0.2) is 0 Å². The third-order valence-electron chi connectivity index (χ3n) is 3.32. The molecule has 68 valence electrons. The van der Waals surface area contributed by atoms with Crippen molar-refractivity contribution in [3.8, 4) is 0 Å². The molecule has 1 spiro atoms. The van der Waals surface area contributed by atoms with Gasteiger partial charge in [-0.1, -0.05) is 13.8 Å². The highest BCUT2D eigenvalue weighted by Gasteiger charge is 2.64. The molecule has 2 fully saturated rings. The topological polar surface area (TPSA) is 35.5 Å². The Morgan fingerprint density at radius 3 is 2.33 bits per heavy atom. The summed E-state index contributed by atoms with van der Waals surface area (Å²) in [7, 11) is 0. The van der Waals surface area contributed by atoms with Crippen LogP contribution < -0.4 is 0 Å². The van der Waals surface area contributed by atoms with E-state index < -0.39 is 5.79 Å². The second-order valence-electron chi connectivity index (χ2n) is 4.12. The van der Waals surface area contributed by atoms with E-state index in [4.69, 9.17) is 9.47 Å². The molecule has 0 aromatic heterocycles. The second-order valence-corrected chi connectivity index (χ2v) is 4.12. The molecule has 0 bridgehead atoms. The van der Waals surface area contributed by atoms with Crippen molar-refractivity contribution in [2.24, 2.45) is 11.3 Å². The van der Waals surface area contributed by atoms with Gasteiger partial charge in [0.15, 0.2) is 5.79 Å². The van der Waals surface area contributed by atoms with Gasteiger partial charge < -0.3 is 14.3 Å². The predicted molar refractivity (Wildman–Crippen MR) is 42.6 cm³/mol. The molecule has 1 aliphatic heterocycles. The van der Waals surface area contributed by atoms with E-state index >= 15 is 0 Å². The lowest BCUT2D eigenvalue weighted by atomic mass is 9.58. The molecule has 0 aromatic carbocycles. The Hall–Kier alpha value is -0.410. The van der Waals surface area contributed by atoms with Gasteiger partial charge in [0, 0.05) is 17.8 Å². The summed E-state index contributed by atoms with van der Waals surface area (Å²) >= 11 is 0. The molecular formula is C9H14O3. The van der Waals surface area contributed by atoms with Crippen molar-refractivity contribution in [2.45, 2.75) is 26.1 Å². The number of carbonyl (C=O) groups is 1. The van der Waals surface area contributed by atoms with Gasteiger partial charge >= 0.3 is 0 Å². The fourth-order valence-electron chi connectivity index (χ4n) is 2.12. The number of hydrogen-bond acceptors (Lipinski definition) is 3. The van der Waals surface area contributed by atoms with Crippen LogP contribution in [-0.2, 0) is 14.3 Å². The monoisotopic (exact) mass is 170 g/mol. The van der Waals surface area contributed by atoms with Crippen LogP contribution in [0.5, 0.6) is 0 Å². The van der Waals surface area contributed by atoms with Crippen LogP contribution in [0.15, 0.2) is 0 Å². The maximum absolute atomic E-state index is 10.6. The van der Waals surface area contributed by atoms with E-state index in [1.165, 1.54) is 0 Å². The van der Waals surface area contributed by atoms with Crippen molar-refractivity contribution in [1.29, 1.82) is 0 Å². The molecule has 0 amide bonds. The minimum Gasteiger partial charge on any atom is -0.347 e. The van der Waals surface area contributed by atoms with Crippen molar-refractivity contribution < 1.29 is 14.3 Å². The van der Waals surface area contributed by atoms with Gasteiger partial charge in [-0.05, 0) is 0 Å². The van der Waals surface area contributed by atoms with E-state index in [-0.39, 0.29) is 11.3 Å². The Morgan fingerprint density at radius 2 is 1.92 bits per heavy atom. The van der Waals surface area contributed by atoms with Crippen LogP contribution >= 0.6 is 0 Å². The summed E-state index contributed by atoms with van der Waals surface area (Å²) in [4.78, 5) is 10.6. The van der Waals surface area contributed by atoms with Crippen molar-refractivity contribution in [2.75, 3.05) is 13.2 Å². The van der Waals surface area contributed by atoms with E-state index in [0.29, 0.717) is 13.2 Å². The molecule has 1 atom stereocenters. The number of carbonyl (C=O) groups excluding carboxylic acids is 1. The van der Waals surface area contributed by atoms with Gasteiger partial charge in [0.1, 0.15) is 6.29 Å². The molecule has 1 saturated heterocycles.